The van der Waals surface area contributed by atoms with Crippen molar-refractivity contribution in [3.05, 3.63) is 17.7 Å². The summed E-state index contributed by atoms with van der Waals surface area (Å²) in [7, 11) is 0.847. The smallest absolute Gasteiger partial charge is 0.253 e. The highest BCUT2D eigenvalue weighted by Crippen LogP contribution is 2.36. The van der Waals surface area contributed by atoms with Gasteiger partial charge in [0.2, 0.25) is 10.0 Å². The summed E-state index contributed by atoms with van der Waals surface area (Å²) >= 11 is 0. The zero-order valence-electron chi connectivity index (χ0n) is 14.6. The van der Waals surface area contributed by atoms with Crippen molar-refractivity contribution in [2.45, 2.75) is 6.92 Å². The van der Waals surface area contributed by atoms with Crippen LogP contribution in [0.4, 0.5) is 5.69 Å². The molecule has 24 heavy (non-hydrogen) atoms. The summed E-state index contributed by atoms with van der Waals surface area (Å²) in [4.78, 5) is 12.5. The molecule has 0 bridgehead atoms. The third-order valence-corrected chi connectivity index (χ3v) is 4.55. The van der Waals surface area contributed by atoms with E-state index in [9.17, 15) is 13.2 Å². The van der Waals surface area contributed by atoms with Crippen LogP contribution in [-0.4, -0.2) is 61.6 Å². The van der Waals surface area contributed by atoms with Gasteiger partial charge in [0.1, 0.15) is 0 Å². The Bertz CT molecular complexity index is 675. The summed E-state index contributed by atoms with van der Waals surface area (Å²) in [5, 5.41) is 2.68. The minimum Gasteiger partial charge on any atom is -0.493 e. The average molecular weight is 360 g/mol. The van der Waals surface area contributed by atoms with Crippen LogP contribution < -0.4 is 19.1 Å². The van der Waals surface area contributed by atoms with Gasteiger partial charge in [-0.25, -0.2) is 8.42 Å². The first-order valence-corrected chi connectivity index (χ1v) is 9.15. The number of rotatable bonds is 9. The molecular weight excluding hydrogens is 336 g/mol. The molecule has 1 aromatic carbocycles. The van der Waals surface area contributed by atoms with Crippen LogP contribution in [0.5, 0.6) is 11.5 Å². The van der Waals surface area contributed by atoms with E-state index in [2.05, 4.69) is 5.32 Å². The summed E-state index contributed by atoms with van der Waals surface area (Å²) in [6.45, 7) is 2.50. The number of hydrogen-bond acceptors (Lipinski definition) is 6. The minimum atomic E-state index is -3.56. The van der Waals surface area contributed by atoms with Gasteiger partial charge in [0, 0.05) is 26.3 Å². The normalized spacial score (nSPS) is 11.0. The maximum absolute atomic E-state index is 12.5. The lowest BCUT2D eigenvalue weighted by atomic mass is 10.1. The second-order valence-electron chi connectivity index (χ2n) is 4.90. The van der Waals surface area contributed by atoms with Gasteiger partial charge in [-0.1, -0.05) is 0 Å². The van der Waals surface area contributed by atoms with E-state index in [-0.39, 0.29) is 17.8 Å². The van der Waals surface area contributed by atoms with Crippen molar-refractivity contribution in [3.8, 4) is 11.5 Å². The maximum Gasteiger partial charge on any atom is 0.253 e. The number of benzene rings is 1. The monoisotopic (exact) mass is 360 g/mol. The lowest BCUT2D eigenvalue weighted by molar-refractivity contribution is 0.0937. The second kappa shape index (κ2) is 8.74. The number of ether oxygens (including phenoxy) is 3. The third kappa shape index (κ3) is 4.75. The van der Waals surface area contributed by atoms with Crippen molar-refractivity contribution in [2.24, 2.45) is 0 Å². The molecule has 0 spiro atoms. The second-order valence-corrected chi connectivity index (χ2v) is 6.81. The Labute approximate surface area is 142 Å². The molecule has 0 saturated carbocycles. The molecule has 1 amide bonds. The molecule has 8 nitrogen and oxygen atoms in total. The number of amides is 1. The fraction of sp³-hybridized carbons (Fsp3) is 0.533. The summed E-state index contributed by atoms with van der Waals surface area (Å²) < 4.78 is 40.6. The number of anilines is 1. The van der Waals surface area contributed by atoms with Gasteiger partial charge in [0.15, 0.2) is 11.5 Å². The van der Waals surface area contributed by atoms with Gasteiger partial charge < -0.3 is 19.5 Å². The Balaban J connectivity index is 3.44. The van der Waals surface area contributed by atoms with Gasteiger partial charge in [0.25, 0.3) is 5.91 Å². The maximum atomic E-state index is 12.5. The first-order valence-electron chi connectivity index (χ1n) is 7.31. The topological polar surface area (TPSA) is 94.2 Å². The quantitative estimate of drug-likeness (QED) is 0.657. The number of hydrogen-bond donors (Lipinski definition) is 1. The summed E-state index contributed by atoms with van der Waals surface area (Å²) in [5.41, 5.74) is 0.406. The van der Waals surface area contributed by atoms with Gasteiger partial charge in [-0.3, -0.25) is 9.10 Å². The number of sulfonamides is 1. The van der Waals surface area contributed by atoms with Crippen LogP contribution in [0.2, 0.25) is 0 Å². The van der Waals surface area contributed by atoms with Crippen molar-refractivity contribution < 1.29 is 27.4 Å². The Kier molecular flexibility index (Phi) is 7.30. The summed E-state index contributed by atoms with van der Waals surface area (Å²) in [6.07, 6.45) is 1.08. The molecule has 136 valence electrons. The molecule has 1 N–H and O–H groups in total. The molecule has 9 heteroatoms. The first kappa shape index (κ1) is 20.0. The SMILES string of the molecule is CCN(c1cc(OC)c(OC)cc1C(=O)NCCOC)S(C)(=O)=O. The predicted octanol–water partition coefficient (Wildman–Crippen LogP) is 0.866. The average Bonchev–Trinajstić information content (AvgIpc) is 2.53. The largest absolute Gasteiger partial charge is 0.493 e. The van der Waals surface area contributed by atoms with E-state index in [1.807, 2.05) is 0 Å². The predicted molar refractivity (Wildman–Crippen MR) is 91.6 cm³/mol. The minimum absolute atomic E-state index is 0.173. The number of carbonyl (C=O) groups is 1. The van der Waals surface area contributed by atoms with Gasteiger partial charge >= 0.3 is 0 Å². The molecule has 0 aliphatic heterocycles. The Morgan fingerprint density at radius 3 is 2.21 bits per heavy atom. The Morgan fingerprint density at radius 2 is 1.75 bits per heavy atom. The Morgan fingerprint density at radius 1 is 1.17 bits per heavy atom. The van der Waals surface area contributed by atoms with E-state index >= 15 is 0 Å². The number of methoxy groups -OCH3 is 3. The van der Waals surface area contributed by atoms with Crippen molar-refractivity contribution in [1.82, 2.24) is 5.32 Å². The lowest BCUT2D eigenvalue weighted by Crippen LogP contribution is -2.33. The van der Waals surface area contributed by atoms with Gasteiger partial charge in [-0.05, 0) is 13.0 Å². The van der Waals surface area contributed by atoms with E-state index in [0.29, 0.717) is 24.7 Å². The number of nitrogens with one attached hydrogen (secondary N) is 1. The molecule has 0 radical (unpaired) electrons. The van der Waals surface area contributed by atoms with E-state index in [1.165, 1.54) is 33.5 Å². The van der Waals surface area contributed by atoms with Crippen molar-refractivity contribution in [3.63, 3.8) is 0 Å². The number of carbonyl (C=O) groups excluding carboxylic acids is 1. The summed E-state index contributed by atoms with van der Waals surface area (Å²) in [6, 6.07) is 2.94. The molecule has 0 heterocycles. The van der Waals surface area contributed by atoms with Gasteiger partial charge in [0.05, 0.1) is 38.3 Å². The van der Waals surface area contributed by atoms with Crippen LogP contribution in [0.3, 0.4) is 0 Å². The molecule has 0 aromatic heterocycles. The van der Waals surface area contributed by atoms with Gasteiger partial charge in [-0.2, -0.15) is 0 Å². The molecule has 1 rings (SSSR count). The van der Waals surface area contributed by atoms with Crippen LogP contribution in [0, 0.1) is 0 Å². The Hall–Kier alpha value is -2.00. The van der Waals surface area contributed by atoms with E-state index in [4.69, 9.17) is 14.2 Å². The molecule has 1 aromatic rings. The molecular formula is C15H24N2O6S. The zero-order chi connectivity index (χ0) is 18.3. The zero-order valence-corrected chi connectivity index (χ0v) is 15.4. The highest BCUT2D eigenvalue weighted by molar-refractivity contribution is 7.92. The molecule has 0 atom stereocenters. The molecule has 0 saturated heterocycles. The standard InChI is InChI=1S/C15H24N2O6S/c1-6-17(24(5,19)20)12-10-14(23-4)13(22-3)9-11(12)15(18)16-7-8-21-2/h9-10H,6-8H2,1-5H3,(H,16,18). The van der Waals surface area contributed by atoms with E-state index in [0.717, 1.165) is 10.6 Å². The fourth-order valence-electron chi connectivity index (χ4n) is 2.20. The van der Waals surface area contributed by atoms with Crippen LogP contribution in [0.25, 0.3) is 0 Å². The molecule has 0 aliphatic rings. The van der Waals surface area contributed by atoms with Gasteiger partial charge in [-0.15, -0.1) is 0 Å². The van der Waals surface area contributed by atoms with Crippen molar-refractivity contribution in [2.75, 3.05) is 51.6 Å². The van der Waals surface area contributed by atoms with E-state index in [1.54, 1.807) is 6.92 Å². The highest BCUT2D eigenvalue weighted by Gasteiger charge is 2.25. The molecule has 0 aliphatic carbocycles. The van der Waals surface area contributed by atoms with Crippen molar-refractivity contribution >= 4 is 21.6 Å². The van der Waals surface area contributed by atoms with Crippen LogP contribution >= 0.6 is 0 Å². The lowest BCUT2D eigenvalue weighted by Gasteiger charge is -2.24. The first-order chi connectivity index (χ1) is 11.3. The van der Waals surface area contributed by atoms with E-state index < -0.39 is 15.9 Å². The van der Waals surface area contributed by atoms with Crippen molar-refractivity contribution in [1.29, 1.82) is 0 Å². The third-order valence-electron chi connectivity index (χ3n) is 3.29. The van der Waals surface area contributed by atoms with Crippen LogP contribution in [-0.2, 0) is 14.8 Å². The molecule has 0 fully saturated rings. The molecule has 0 unspecified atom stereocenters. The summed E-state index contributed by atoms with van der Waals surface area (Å²) in [5.74, 6) is 0.246. The fourth-order valence-corrected chi connectivity index (χ4v) is 3.18. The van der Waals surface area contributed by atoms with Crippen LogP contribution in [0.1, 0.15) is 17.3 Å². The van der Waals surface area contributed by atoms with Crippen LogP contribution in [0.15, 0.2) is 12.1 Å². The highest BCUT2D eigenvalue weighted by atomic mass is 32.2. The number of nitrogens with zero attached hydrogens (tertiary/aromatic N) is 1.